The number of benzene rings is 1. The highest BCUT2D eigenvalue weighted by atomic mass is 79.9. The highest BCUT2D eigenvalue weighted by molar-refractivity contribution is 9.10. The van der Waals surface area contributed by atoms with Crippen molar-refractivity contribution in [2.24, 2.45) is 0 Å². The van der Waals surface area contributed by atoms with Gasteiger partial charge in [0.25, 0.3) is 5.91 Å². The zero-order chi connectivity index (χ0) is 13.5. The first kappa shape index (κ1) is 15.5. The molecule has 0 fully saturated rings. The highest BCUT2D eigenvalue weighted by Gasteiger charge is 2.14. The summed E-state index contributed by atoms with van der Waals surface area (Å²) in [6, 6.07) is 5.55. The van der Waals surface area contributed by atoms with E-state index in [1.54, 1.807) is 6.07 Å². The van der Waals surface area contributed by atoms with Crippen LogP contribution in [0, 0.1) is 0 Å². The smallest absolute Gasteiger partial charge is 0.253 e. The van der Waals surface area contributed by atoms with Crippen LogP contribution in [0.5, 0.6) is 0 Å². The summed E-state index contributed by atoms with van der Waals surface area (Å²) in [5.41, 5.74) is 0.522. The van der Waals surface area contributed by atoms with E-state index < -0.39 is 0 Å². The van der Waals surface area contributed by atoms with Crippen molar-refractivity contribution in [2.75, 3.05) is 0 Å². The van der Waals surface area contributed by atoms with Gasteiger partial charge in [-0.2, -0.15) is 0 Å². The SMILES string of the molecule is CCCCCC(C)NC(=O)c1cccc(Br)c1Cl. The van der Waals surface area contributed by atoms with Crippen LogP contribution in [0.15, 0.2) is 22.7 Å². The lowest BCUT2D eigenvalue weighted by Gasteiger charge is -2.14. The van der Waals surface area contributed by atoms with Gasteiger partial charge in [0.05, 0.1) is 10.6 Å². The summed E-state index contributed by atoms with van der Waals surface area (Å²) in [5, 5.41) is 3.45. The molecule has 0 saturated heterocycles. The normalized spacial score (nSPS) is 12.2. The molecular weight excluding hydrogens is 314 g/mol. The van der Waals surface area contributed by atoms with Crippen molar-refractivity contribution in [3.8, 4) is 0 Å². The van der Waals surface area contributed by atoms with Gasteiger partial charge >= 0.3 is 0 Å². The molecule has 0 aliphatic rings. The van der Waals surface area contributed by atoms with Gasteiger partial charge in [-0.05, 0) is 41.4 Å². The van der Waals surface area contributed by atoms with E-state index in [0.717, 1.165) is 17.3 Å². The predicted octanol–water partition coefficient (Wildman–Crippen LogP) is 4.80. The number of carbonyl (C=O) groups is 1. The second-order valence-corrected chi connectivity index (χ2v) is 5.70. The first-order chi connectivity index (χ1) is 8.56. The Labute approximate surface area is 122 Å². The molecule has 0 aliphatic carbocycles. The molecule has 0 aliphatic heterocycles. The van der Waals surface area contributed by atoms with Crippen molar-refractivity contribution in [2.45, 2.75) is 45.6 Å². The maximum atomic E-state index is 12.0. The maximum absolute atomic E-state index is 12.0. The van der Waals surface area contributed by atoms with Gasteiger partial charge in [-0.1, -0.05) is 43.9 Å². The Morgan fingerprint density at radius 1 is 1.44 bits per heavy atom. The molecular formula is C14H19BrClNO. The molecule has 4 heteroatoms. The monoisotopic (exact) mass is 331 g/mol. The number of hydrogen-bond acceptors (Lipinski definition) is 1. The van der Waals surface area contributed by atoms with Crippen LogP contribution in [-0.2, 0) is 0 Å². The van der Waals surface area contributed by atoms with Gasteiger partial charge < -0.3 is 5.32 Å². The molecule has 18 heavy (non-hydrogen) atoms. The summed E-state index contributed by atoms with van der Waals surface area (Å²) in [5.74, 6) is -0.106. The lowest BCUT2D eigenvalue weighted by atomic mass is 10.1. The van der Waals surface area contributed by atoms with E-state index in [1.807, 2.05) is 19.1 Å². The Morgan fingerprint density at radius 3 is 2.83 bits per heavy atom. The molecule has 2 nitrogen and oxygen atoms in total. The van der Waals surface area contributed by atoms with Crippen LogP contribution in [0.4, 0.5) is 0 Å². The zero-order valence-corrected chi connectivity index (χ0v) is 13.1. The fraction of sp³-hybridized carbons (Fsp3) is 0.500. The minimum Gasteiger partial charge on any atom is -0.350 e. The lowest BCUT2D eigenvalue weighted by molar-refractivity contribution is 0.0938. The maximum Gasteiger partial charge on any atom is 0.253 e. The van der Waals surface area contributed by atoms with Gasteiger partial charge in [0.15, 0.2) is 0 Å². The Kier molecular flexibility index (Phi) is 6.72. The molecule has 0 aromatic heterocycles. The van der Waals surface area contributed by atoms with Crippen molar-refractivity contribution >= 4 is 33.4 Å². The topological polar surface area (TPSA) is 29.1 Å². The summed E-state index contributed by atoms with van der Waals surface area (Å²) < 4.78 is 0.746. The predicted molar refractivity (Wildman–Crippen MR) is 80.2 cm³/mol. The molecule has 100 valence electrons. The molecule has 0 heterocycles. The van der Waals surface area contributed by atoms with Crippen molar-refractivity contribution < 1.29 is 4.79 Å². The second-order valence-electron chi connectivity index (χ2n) is 4.47. The summed E-state index contributed by atoms with van der Waals surface area (Å²) >= 11 is 9.41. The van der Waals surface area contributed by atoms with Gasteiger partial charge in [-0.3, -0.25) is 4.79 Å². The van der Waals surface area contributed by atoms with Gasteiger partial charge in [-0.15, -0.1) is 0 Å². The Balaban J connectivity index is 2.57. The third-order valence-electron chi connectivity index (χ3n) is 2.81. The van der Waals surface area contributed by atoms with Gasteiger partial charge in [0.2, 0.25) is 0 Å². The first-order valence-corrected chi connectivity index (χ1v) is 7.48. The summed E-state index contributed by atoms with van der Waals surface area (Å²) in [7, 11) is 0. The Morgan fingerprint density at radius 2 is 2.17 bits per heavy atom. The van der Waals surface area contributed by atoms with Crippen LogP contribution in [-0.4, -0.2) is 11.9 Å². The molecule has 0 radical (unpaired) electrons. The molecule has 1 aromatic carbocycles. The van der Waals surface area contributed by atoms with Crippen molar-refractivity contribution in [1.82, 2.24) is 5.32 Å². The van der Waals surface area contributed by atoms with Crippen molar-refractivity contribution in [3.63, 3.8) is 0 Å². The van der Waals surface area contributed by atoms with E-state index in [9.17, 15) is 4.79 Å². The molecule has 1 amide bonds. The van der Waals surface area contributed by atoms with Crippen LogP contribution in [0.1, 0.15) is 49.9 Å². The van der Waals surface area contributed by atoms with Crippen molar-refractivity contribution in [1.29, 1.82) is 0 Å². The molecule has 1 atom stereocenters. The standard InChI is InChI=1S/C14H19BrClNO/c1-3-4-5-7-10(2)17-14(18)11-8-6-9-12(15)13(11)16/h6,8-10H,3-5,7H2,1-2H3,(H,17,18). The van der Waals surface area contributed by atoms with Gasteiger partial charge in [-0.25, -0.2) is 0 Å². The van der Waals surface area contributed by atoms with Gasteiger partial charge in [0, 0.05) is 10.5 Å². The van der Waals surface area contributed by atoms with Crippen molar-refractivity contribution in [3.05, 3.63) is 33.3 Å². The number of unbranched alkanes of at least 4 members (excludes halogenated alkanes) is 2. The molecule has 0 saturated carbocycles. The van der Waals surface area contributed by atoms with E-state index in [0.29, 0.717) is 10.6 Å². The number of nitrogens with one attached hydrogen (secondary N) is 1. The highest BCUT2D eigenvalue weighted by Crippen LogP contribution is 2.25. The van der Waals surface area contributed by atoms with Crippen LogP contribution in [0.25, 0.3) is 0 Å². The summed E-state index contributed by atoms with van der Waals surface area (Å²) in [6.45, 7) is 4.20. The zero-order valence-electron chi connectivity index (χ0n) is 10.8. The Bertz CT molecular complexity index is 409. The number of amides is 1. The minimum atomic E-state index is -0.106. The molecule has 0 bridgehead atoms. The molecule has 1 rings (SSSR count). The number of rotatable bonds is 6. The largest absolute Gasteiger partial charge is 0.350 e. The van der Waals surface area contributed by atoms with E-state index in [-0.39, 0.29) is 11.9 Å². The number of carbonyl (C=O) groups excluding carboxylic acids is 1. The second kappa shape index (κ2) is 7.80. The fourth-order valence-corrected chi connectivity index (χ4v) is 2.33. The van der Waals surface area contributed by atoms with E-state index >= 15 is 0 Å². The minimum absolute atomic E-state index is 0.106. The Hall–Kier alpha value is -0.540. The number of halogens is 2. The molecule has 1 unspecified atom stereocenters. The average molecular weight is 333 g/mol. The third kappa shape index (κ3) is 4.62. The van der Waals surface area contributed by atoms with Crippen LogP contribution in [0.3, 0.4) is 0 Å². The van der Waals surface area contributed by atoms with Crippen LogP contribution in [0.2, 0.25) is 5.02 Å². The van der Waals surface area contributed by atoms with E-state index in [1.165, 1.54) is 12.8 Å². The summed E-state index contributed by atoms with van der Waals surface area (Å²) in [6.07, 6.45) is 4.55. The summed E-state index contributed by atoms with van der Waals surface area (Å²) in [4.78, 5) is 12.0. The fourth-order valence-electron chi connectivity index (χ4n) is 1.75. The number of hydrogen-bond donors (Lipinski definition) is 1. The molecule has 1 N–H and O–H groups in total. The first-order valence-electron chi connectivity index (χ1n) is 6.31. The molecule has 1 aromatic rings. The lowest BCUT2D eigenvalue weighted by Crippen LogP contribution is -2.32. The van der Waals surface area contributed by atoms with E-state index in [2.05, 4.69) is 28.2 Å². The quantitative estimate of drug-likeness (QED) is 0.745. The molecule has 0 spiro atoms. The average Bonchev–Trinajstić information content (AvgIpc) is 2.32. The van der Waals surface area contributed by atoms with Crippen LogP contribution >= 0.6 is 27.5 Å². The van der Waals surface area contributed by atoms with Gasteiger partial charge in [0.1, 0.15) is 0 Å². The van der Waals surface area contributed by atoms with Crippen LogP contribution < -0.4 is 5.32 Å². The third-order valence-corrected chi connectivity index (χ3v) is 4.11. The van der Waals surface area contributed by atoms with E-state index in [4.69, 9.17) is 11.6 Å².